The summed E-state index contributed by atoms with van der Waals surface area (Å²) in [7, 11) is 0. The Hall–Kier alpha value is 0.390. The minimum absolute atomic E-state index is 0.481. The summed E-state index contributed by atoms with van der Waals surface area (Å²) in [5, 5.41) is 8.57. The van der Waals surface area contributed by atoms with Crippen molar-refractivity contribution in [2.24, 2.45) is 0 Å². The molecule has 0 heterocycles. The molecule has 1 atom stereocenters. The Balaban J connectivity index is 3.85. The third kappa shape index (κ3) is 3.53. The summed E-state index contributed by atoms with van der Waals surface area (Å²) in [5.74, 6) is -0.824. The number of hydrogen-bond acceptors (Lipinski definition) is 2. The van der Waals surface area contributed by atoms with E-state index in [2.05, 4.69) is 32.3 Å². The van der Waals surface area contributed by atoms with Gasteiger partial charge in [0.05, 0.1) is 0 Å². The first-order valence-corrected chi connectivity index (χ1v) is 4.35. The molecule has 0 amide bonds. The van der Waals surface area contributed by atoms with Gasteiger partial charge >= 0.3 is 5.97 Å². The number of aliphatic carboxylic acids is 1. The molecule has 0 aliphatic rings. The Morgan fingerprint density at radius 3 is 2.30 bits per heavy atom. The molecule has 1 N–H and O–H groups in total. The minimum Gasteiger partial charge on any atom is -0.480 e. The van der Waals surface area contributed by atoms with Gasteiger partial charge in [-0.1, -0.05) is 13.3 Å². The van der Waals surface area contributed by atoms with Crippen LogP contribution in [0, 0.1) is 0 Å². The highest BCUT2D eigenvalue weighted by Crippen LogP contribution is 2.16. The first-order chi connectivity index (χ1) is 4.59. The van der Waals surface area contributed by atoms with E-state index < -0.39 is 12.0 Å². The number of hydrogen-bond donors (Lipinski definition) is 1. The first kappa shape index (κ1) is 10.4. The predicted molar refractivity (Wildman–Crippen MR) is 46.0 cm³/mol. The highest BCUT2D eigenvalue weighted by atomic mass is 79.9. The smallest absolute Gasteiger partial charge is 0.322 e. The SMILES string of the molecule is CCC[C@@H](C(=O)O)N(Br)Br. The van der Waals surface area contributed by atoms with Crippen LogP contribution in [0.3, 0.4) is 0 Å². The van der Waals surface area contributed by atoms with Crippen molar-refractivity contribution in [1.82, 2.24) is 2.95 Å². The molecule has 0 saturated carbocycles. The molecular formula is C5H9Br2NO2. The fourth-order valence-electron chi connectivity index (χ4n) is 0.578. The summed E-state index contributed by atoms with van der Waals surface area (Å²) in [4.78, 5) is 10.4. The van der Waals surface area contributed by atoms with E-state index >= 15 is 0 Å². The third-order valence-corrected chi connectivity index (χ3v) is 2.07. The van der Waals surface area contributed by atoms with E-state index in [4.69, 9.17) is 5.11 Å². The van der Waals surface area contributed by atoms with Crippen molar-refractivity contribution in [3.05, 3.63) is 0 Å². The molecule has 0 aromatic carbocycles. The summed E-state index contributed by atoms with van der Waals surface area (Å²) in [6.07, 6.45) is 1.48. The molecule has 0 aliphatic carbocycles. The van der Waals surface area contributed by atoms with Crippen LogP contribution in [0.2, 0.25) is 0 Å². The Labute approximate surface area is 77.1 Å². The van der Waals surface area contributed by atoms with Crippen molar-refractivity contribution in [1.29, 1.82) is 0 Å². The molecule has 0 bridgehead atoms. The van der Waals surface area contributed by atoms with Gasteiger partial charge in [0.15, 0.2) is 0 Å². The molecule has 0 unspecified atom stereocenters. The molecular weight excluding hydrogens is 266 g/mol. The Kier molecular flexibility index (Phi) is 5.29. The lowest BCUT2D eigenvalue weighted by atomic mass is 10.2. The molecule has 0 aromatic rings. The van der Waals surface area contributed by atoms with E-state index in [-0.39, 0.29) is 0 Å². The van der Waals surface area contributed by atoms with E-state index in [1.54, 1.807) is 0 Å². The number of rotatable bonds is 4. The van der Waals surface area contributed by atoms with Gasteiger partial charge in [-0.2, -0.15) is 2.95 Å². The predicted octanol–water partition coefficient (Wildman–Crippen LogP) is 2.16. The Bertz CT molecular complexity index is 118. The summed E-state index contributed by atoms with van der Waals surface area (Å²) < 4.78 is 1.35. The van der Waals surface area contributed by atoms with Crippen LogP contribution in [0.1, 0.15) is 19.8 Å². The van der Waals surface area contributed by atoms with Gasteiger partial charge < -0.3 is 5.11 Å². The van der Waals surface area contributed by atoms with Crippen molar-refractivity contribution in [3.8, 4) is 0 Å². The highest BCUT2D eigenvalue weighted by Gasteiger charge is 2.20. The quantitative estimate of drug-likeness (QED) is 0.799. The second kappa shape index (κ2) is 5.09. The number of carboxylic acids is 1. The monoisotopic (exact) mass is 273 g/mol. The van der Waals surface area contributed by atoms with E-state index in [9.17, 15) is 4.79 Å². The summed E-state index contributed by atoms with van der Waals surface area (Å²) in [6.45, 7) is 1.94. The number of nitrogens with zero attached hydrogens (tertiary/aromatic N) is 1. The number of carboxylic acid groups (broad SMARTS) is 1. The lowest BCUT2D eigenvalue weighted by Crippen LogP contribution is -2.28. The maximum Gasteiger partial charge on any atom is 0.322 e. The van der Waals surface area contributed by atoms with Crippen molar-refractivity contribution >= 4 is 38.3 Å². The van der Waals surface area contributed by atoms with Gasteiger partial charge in [0, 0.05) is 32.3 Å². The Morgan fingerprint density at radius 2 is 2.20 bits per heavy atom. The zero-order valence-corrected chi connectivity index (χ0v) is 8.72. The highest BCUT2D eigenvalue weighted by molar-refractivity contribution is 9.21. The van der Waals surface area contributed by atoms with Crippen molar-refractivity contribution in [3.63, 3.8) is 0 Å². The lowest BCUT2D eigenvalue weighted by Gasteiger charge is -2.13. The normalized spacial score (nSPS) is 13.6. The van der Waals surface area contributed by atoms with Gasteiger partial charge in [-0.3, -0.25) is 4.79 Å². The van der Waals surface area contributed by atoms with Gasteiger partial charge in [-0.25, -0.2) is 0 Å². The molecule has 3 nitrogen and oxygen atoms in total. The van der Waals surface area contributed by atoms with E-state index in [0.717, 1.165) is 6.42 Å². The van der Waals surface area contributed by atoms with Crippen LogP contribution >= 0.6 is 32.3 Å². The standard InChI is InChI=1S/C5H9Br2NO2/c1-2-3-4(5(9)10)8(6)7/h4H,2-3H2,1H3,(H,9,10)/t4-/m0/s1. The average molecular weight is 275 g/mol. The molecule has 0 saturated heterocycles. The zero-order chi connectivity index (χ0) is 8.15. The third-order valence-electron chi connectivity index (χ3n) is 1.08. The van der Waals surface area contributed by atoms with Crippen LogP contribution in [-0.2, 0) is 4.79 Å². The maximum atomic E-state index is 10.4. The second-order valence-corrected chi connectivity index (χ2v) is 4.38. The molecule has 0 aromatic heterocycles. The van der Waals surface area contributed by atoms with Crippen LogP contribution in [0.4, 0.5) is 0 Å². The average Bonchev–Trinajstić information content (AvgIpc) is 1.81. The summed E-state index contributed by atoms with van der Waals surface area (Å²) in [5.41, 5.74) is 0. The summed E-state index contributed by atoms with van der Waals surface area (Å²) in [6, 6.07) is -0.481. The van der Waals surface area contributed by atoms with Gasteiger partial charge in [0.2, 0.25) is 0 Å². The first-order valence-electron chi connectivity index (χ1n) is 2.93. The van der Waals surface area contributed by atoms with Crippen LogP contribution in [0.5, 0.6) is 0 Å². The second-order valence-electron chi connectivity index (χ2n) is 1.90. The zero-order valence-electron chi connectivity index (χ0n) is 5.55. The van der Waals surface area contributed by atoms with Crippen molar-refractivity contribution < 1.29 is 9.90 Å². The van der Waals surface area contributed by atoms with Gasteiger partial charge in [0.25, 0.3) is 0 Å². The maximum absolute atomic E-state index is 10.4. The molecule has 0 radical (unpaired) electrons. The topological polar surface area (TPSA) is 40.5 Å². The molecule has 10 heavy (non-hydrogen) atoms. The Morgan fingerprint density at radius 1 is 1.70 bits per heavy atom. The van der Waals surface area contributed by atoms with E-state index in [1.807, 2.05) is 6.92 Å². The van der Waals surface area contributed by atoms with Crippen LogP contribution in [-0.4, -0.2) is 20.1 Å². The lowest BCUT2D eigenvalue weighted by molar-refractivity contribution is -0.140. The van der Waals surface area contributed by atoms with E-state index in [0.29, 0.717) is 6.42 Å². The van der Waals surface area contributed by atoms with Crippen molar-refractivity contribution in [2.75, 3.05) is 0 Å². The molecule has 5 heteroatoms. The molecule has 60 valence electrons. The van der Waals surface area contributed by atoms with Gasteiger partial charge in [0.1, 0.15) is 6.04 Å². The van der Waals surface area contributed by atoms with Crippen LogP contribution in [0.15, 0.2) is 0 Å². The van der Waals surface area contributed by atoms with Gasteiger partial charge in [-0.15, -0.1) is 0 Å². The van der Waals surface area contributed by atoms with Crippen LogP contribution < -0.4 is 0 Å². The molecule has 0 rings (SSSR count). The number of carbonyl (C=O) groups is 1. The largest absolute Gasteiger partial charge is 0.480 e. The minimum atomic E-state index is -0.824. The fourth-order valence-corrected chi connectivity index (χ4v) is 1.34. The van der Waals surface area contributed by atoms with Gasteiger partial charge in [-0.05, 0) is 6.42 Å². The van der Waals surface area contributed by atoms with Crippen LogP contribution in [0.25, 0.3) is 0 Å². The molecule has 0 aliphatic heterocycles. The molecule has 0 fully saturated rings. The van der Waals surface area contributed by atoms with Crippen molar-refractivity contribution in [2.45, 2.75) is 25.8 Å². The number of halogens is 2. The summed E-state index contributed by atoms with van der Waals surface area (Å²) >= 11 is 6.02. The molecule has 0 spiro atoms. The fraction of sp³-hybridized carbons (Fsp3) is 0.800. The van der Waals surface area contributed by atoms with E-state index in [1.165, 1.54) is 2.95 Å².